The molecule has 8 atom stereocenters. The van der Waals surface area contributed by atoms with Crippen LogP contribution >= 0.6 is 0 Å². The summed E-state index contributed by atoms with van der Waals surface area (Å²) in [4.78, 5) is 12.2. The number of hydrogen-bond acceptors (Lipinski definition) is 5. The maximum Gasteiger partial charge on any atom is 0.159 e. The van der Waals surface area contributed by atoms with Crippen molar-refractivity contribution in [1.29, 1.82) is 0 Å². The Morgan fingerprint density at radius 2 is 1.79 bits per heavy atom. The van der Waals surface area contributed by atoms with Crippen LogP contribution in [0.25, 0.3) is 0 Å². The molecule has 2 heterocycles. The van der Waals surface area contributed by atoms with Crippen LogP contribution in [0.3, 0.4) is 0 Å². The van der Waals surface area contributed by atoms with Gasteiger partial charge in [-0.1, -0.05) is 25.7 Å². The van der Waals surface area contributed by atoms with Crippen LogP contribution in [0, 0.1) is 47.4 Å². The summed E-state index contributed by atoms with van der Waals surface area (Å²) in [5.74, 6) is 14.8. The van der Waals surface area contributed by atoms with E-state index in [0.29, 0.717) is 30.5 Å². The number of rotatable bonds is 6. The third kappa shape index (κ3) is 6.83. The van der Waals surface area contributed by atoms with Crippen LogP contribution in [0.1, 0.15) is 84.5 Å². The van der Waals surface area contributed by atoms with E-state index in [2.05, 4.69) is 37.5 Å². The molecule has 2 aliphatic carbocycles. The second kappa shape index (κ2) is 12.4. The van der Waals surface area contributed by atoms with Crippen molar-refractivity contribution in [1.82, 2.24) is 0 Å². The molecule has 2 saturated carbocycles. The summed E-state index contributed by atoms with van der Waals surface area (Å²) >= 11 is 0. The maximum atomic E-state index is 12.2. The fourth-order valence-corrected chi connectivity index (χ4v) is 5.65. The third-order valence-corrected chi connectivity index (χ3v) is 7.49. The molecule has 0 N–H and O–H groups in total. The molecule has 4 rings (SSSR count). The fraction of sp³-hybridized carbons (Fsp3) is 0.821. The first-order valence-corrected chi connectivity index (χ1v) is 13.2. The van der Waals surface area contributed by atoms with Gasteiger partial charge in [0, 0.05) is 44.8 Å². The summed E-state index contributed by atoms with van der Waals surface area (Å²) in [6, 6.07) is 0. The smallest absolute Gasteiger partial charge is 0.159 e. The van der Waals surface area contributed by atoms with Gasteiger partial charge in [0.1, 0.15) is 11.9 Å². The van der Waals surface area contributed by atoms with Crippen molar-refractivity contribution >= 4 is 5.78 Å². The number of carbonyl (C=O) groups excluding carboxylic acids is 1. The molecule has 4 fully saturated rings. The lowest BCUT2D eigenvalue weighted by Crippen LogP contribution is -2.32. The normalized spacial score (nSPS) is 35.6. The molecule has 0 amide bonds. The second-order valence-electron chi connectivity index (χ2n) is 10.1. The Labute approximate surface area is 199 Å². The zero-order chi connectivity index (χ0) is 23.0. The predicted molar refractivity (Wildman–Crippen MR) is 126 cm³/mol. The maximum absolute atomic E-state index is 12.2. The Balaban J connectivity index is 1.49. The zero-order valence-electron chi connectivity index (χ0n) is 20.4. The highest BCUT2D eigenvalue weighted by Crippen LogP contribution is 2.48. The summed E-state index contributed by atoms with van der Waals surface area (Å²) in [6.45, 7) is 5.75. The summed E-state index contributed by atoms with van der Waals surface area (Å²) in [7, 11) is 0. The van der Waals surface area contributed by atoms with Gasteiger partial charge in [-0.25, -0.2) is 0 Å². The largest absolute Gasteiger partial charge is 0.353 e. The highest BCUT2D eigenvalue weighted by molar-refractivity contribution is 5.81. The number of hydrogen-bond donors (Lipinski definition) is 0. The van der Waals surface area contributed by atoms with E-state index in [1.807, 2.05) is 0 Å². The lowest BCUT2D eigenvalue weighted by atomic mass is 9.91. The van der Waals surface area contributed by atoms with E-state index in [9.17, 15) is 4.79 Å². The molecule has 4 aliphatic rings. The van der Waals surface area contributed by atoms with Gasteiger partial charge in [0.2, 0.25) is 0 Å². The van der Waals surface area contributed by atoms with Crippen molar-refractivity contribution in [3.05, 3.63) is 0 Å². The van der Waals surface area contributed by atoms with Crippen LogP contribution in [-0.2, 0) is 23.7 Å². The van der Waals surface area contributed by atoms with Gasteiger partial charge >= 0.3 is 0 Å². The SMILES string of the molecule is CCC#CC[C@H](C)[C@@H](C#C[C@@H]1[C@H]2CC(=O)C[C@H]2C[C@H]1OC1CCCCO1)OC1CCCCO1. The van der Waals surface area contributed by atoms with Crippen LogP contribution in [0.5, 0.6) is 0 Å². The van der Waals surface area contributed by atoms with Crippen LogP contribution in [0.2, 0.25) is 0 Å². The van der Waals surface area contributed by atoms with E-state index in [4.69, 9.17) is 18.9 Å². The van der Waals surface area contributed by atoms with Gasteiger partial charge in [0.25, 0.3) is 0 Å². The van der Waals surface area contributed by atoms with Crippen molar-refractivity contribution in [2.24, 2.45) is 23.7 Å². The molecule has 5 heteroatoms. The molecule has 0 bridgehead atoms. The van der Waals surface area contributed by atoms with Gasteiger partial charge in [0.15, 0.2) is 12.6 Å². The summed E-state index contributed by atoms with van der Waals surface area (Å²) < 4.78 is 24.5. The van der Waals surface area contributed by atoms with E-state index in [0.717, 1.165) is 71.0 Å². The van der Waals surface area contributed by atoms with E-state index in [1.54, 1.807) is 0 Å². The van der Waals surface area contributed by atoms with E-state index >= 15 is 0 Å². The minimum absolute atomic E-state index is 0.0328. The highest BCUT2D eigenvalue weighted by Gasteiger charge is 2.49. The van der Waals surface area contributed by atoms with Crippen molar-refractivity contribution in [2.45, 2.75) is 109 Å². The average Bonchev–Trinajstić information content (AvgIpc) is 3.33. The molecule has 0 aromatic heterocycles. The average molecular weight is 457 g/mol. The van der Waals surface area contributed by atoms with Crippen molar-refractivity contribution in [3.63, 3.8) is 0 Å². The minimum Gasteiger partial charge on any atom is -0.353 e. The molecular weight excluding hydrogens is 416 g/mol. The molecule has 2 aliphatic heterocycles. The summed E-state index contributed by atoms with van der Waals surface area (Å²) in [5.41, 5.74) is 0. The fourth-order valence-electron chi connectivity index (χ4n) is 5.65. The number of fused-ring (bicyclic) bond motifs is 1. The number of ether oxygens (including phenoxy) is 4. The molecule has 2 saturated heterocycles. The Bertz CT molecular complexity index is 759. The minimum atomic E-state index is -0.234. The quantitative estimate of drug-likeness (QED) is 0.534. The molecule has 182 valence electrons. The molecule has 0 radical (unpaired) electrons. The number of ketones is 1. The van der Waals surface area contributed by atoms with Crippen LogP contribution in [-0.4, -0.2) is 43.8 Å². The molecule has 33 heavy (non-hydrogen) atoms. The molecular formula is C28H40O5. The molecule has 5 nitrogen and oxygen atoms in total. The first-order valence-electron chi connectivity index (χ1n) is 13.2. The third-order valence-electron chi connectivity index (χ3n) is 7.49. The van der Waals surface area contributed by atoms with Gasteiger partial charge in [-0.3, -0.25) is 4.79 Å². The van der Waals surface area contributed by atoms with Gasteiger partial charge in [-0.15, -0.1) is 11.8 Å². The van der Waals surface area contributed by atoms with E-state index in [1.165, 1.54) is 0 Å². The van der Waals surface area contributed by atoms with Gasteiger partial charge in [-0.2, -0.15) is 0 Å². The van der Waals surface area contributed by atoms with Crippen LogP contribution in [0.15, 0.2) is 0 Å². The monoisotopic (exact) mass is 456 g/mol. The molecule has 0 aromatic rings. The molecule has 0 aromatic carbocycles. The summed E-state index contributed by atoms with van der Waals surface area (Å²) in [5, 5.41) is 0. The molecule has 0 spiro atoms. The van der Waals surface area contributed by atoms with Crippen molar-refractivity contribution in [3.8, 4) is 23.7 Å². The van der Waals surface area contributed by atoms with Gasteiger partial charge in [0.05, 0.1) is 12.0 Å². The lowest BCUT2D eigenvalue weighted by molar-refractivity contribution is -0.192. The number of Topliss-reactive ketones (excluding diaryl/α,β-unsaturated/α-hetero) is 1. The lowest BCUT2D eigenvalue weighted by Gasteiger charge is -2.29. The highest BCUT2D eigenvalue weighted by atomic mass is 16.7. The van der Waals surface area contributed by atoms with E-state index in [-0.39, 0.29) is 36.6 Å². The first-order chi connectivity index (χ1) is 16.1. The van der Waals surface area contributed by atoms with Crippen LogP contribution < -0.4 is 0 Å². The Hall–Kier alpha value is -1.37. The Morgan fingerprint density at radius 3 is 2.48 bits per heavy atom. The van der Waals surface area contributed by atoms with Crippen molar-refractivity contribution in [2.75, 3.05) is 13.2 Å². The Morgan fingerprint density at radius 1 is 1.03 bits per heavy atom. The topological polar surface area (TPSA) is 54.0 Å². The van der Waals surface area contributed by atoms with E-state index < -0.39 is 0 Å². The summed E-state index contributed by atoms with van der Waals surface area (Å²) in [6.07, 6.45) is 9.63. The number of carbonyl (C=O) groups is 1. The first kappa shape index (κ1) is 24.7. The predicted octanol–water partition coefficient (Wildman–Crippen LogP) is 4.87. The molecule has 2 unspecified atom stereocenters. The standard InChI is InChI=1S/C28H40O5/c1-3-4-5-10-20(2)25(32-27-11-6-8-15-30-27)14-13-23-24-19-22(29)17-21(24)18-26(23)33-28-12-7-9-16-31-28/h20-21,23-28H,3,6-12,15-19H2,1-2H3/t20-,21-,23+,24-,25+,26+,27?,28?/m0/s1. The zero-order valence-corrected chi connectivity index (χ0v) is 20.4. The van der Waals surface area contributed by atoms with Gasteiger partial charge in [-0.05, 0) is 56.8 Å². The van der Waals surface area contributed by atoms with Crippen LogP contribution in [0.4, 0.5) is 0 Å². The van der Waals surface area contributed by atoms with Crippen molar-refractivity contribution < 1.29 is 23.7 Å². The second-order valence-corrected chi connectivity index (χ2v) is 10.1. The van der Waals surface area contributed by atoms with Gasteiger partial charge < -0.3 is 18.9 Å². The Kier molecular flexibility index (Phi) is 9.27.